The third kappa shape index (κ3) is 4.31. The molecule has 0 spiro atoms. The Bertz CT molecular complexity index is 614. The quantitative estimate of drug-likeness (QED) is 0.842. The molecule has 3 N–H and O–H groups in total. The van der Waals surface area contributed by atoms with E-state index in [1.165, 1.54) is 0 Å². The van der Waals surface area contributed by atoms with Crippen molar-refractivity contribution in [2.24, 2.45) is 5.73 Å². The first-order valence-electron chi connectivity index (χ1n) is 6.49. The molecule has 2 rings (SSSR count). The Morgan fingerprint density at radius 3 is 2.62 bits per heavy atom. The summed E-state index contributed by atoms with van der Waals surface area (Å²) in [7, 11) is 1.65. The van der Waals surface area contributed by atoms with Crippen molar-refractivity contribution in [2.45, 2.75) is 12.6 Å². The van der Waals surface area contributed by atoms with E-state index in [1.807, 2.05) is 48.5 Å². The molecule has 0 radical (unpaired) electrons. The van der Waals surface area contributed by atoms with Gasteiger partial charge in [0.25, 0.3) is 0 Å². The summed E-state index contributed by atoms with van der Waals surface area (Å²) in [6, 6.07) is 14.6. The van der Waals surface area contributed by atoms with E-state index in [0.29, 0.717) is 6.61 Å². The van der Waals surface area contributed by atoms with E-state index >= 15 is 0 Å². The van der Waals surface area contributed by atoms with Crippen molar-refractivity contribution in [1.29, 1.82) is 0 Å². The number of methoxy groups -OCH3 is 1. The maximum atomic E-state index is 11.7. The zero-order valence-corrected chi connectivity index (χ0v) is 13.3. The van der Waals surface area contributed by atoms with Gasteiger partial charge in [0.15, 0.2) is 0 Å². The zero-order chi connectivity index (χ0) is 15.2. The van der Waals surface area contributed by atoms with Crippen molar-refractivity contribution in [2.75, 3.05) is 12.4 Å². The number of hydrogen-bond acceptors (Lipinski definition) is 3. The maximum absolute atomic E-state index is 11.7. The summed E-state index contributed by atoms with van der Waals surface area (Å²) < 4.78 is 6.06. The smallest absolute Gasteiger partial charge is 0.244 e. The summed E-state index contributed by atoms with van der Waals surface area (Å²) in [6.45, 7) is 0.523. The Morgan fingerprint density at radius 2 is 2.00 bits per heavy atom. The minimum absolute atomic E-state index is 0.422. The highest BCUT2D eigenvalue weighted by molar-refractivity contribution is 9.10. The van der Waals surface area contributed by atoms with E-state index in [2.05, 4.69) is 21.2 Å². The van der Waals surface area contributed by atoms with Crippen LogP contribution in [0.2, 0.25) is 0 Å². The zero-order valence-electron chi connectivity index (χ0n) is 11.7. The fourth-order valence-electron chi connectivity index (χ4n) is 2.06. The lowest BCUT2D eigenvalue weighted by Crippen LogP contribution is -2.27. The molecular weight excluding hydrogens is 332 g/mol. The van der Waals surface area contributed by atoms with Gasteiger partial charge in [-0.05, 0) is 35.4 Å². The van der Waals surface area contributed by atoms with Crippen molar-refractivity contribution in [1.82, 2.24) is 0 Å². The standard InChI is InChI=1S/C16H17BrN2O2/c1-21-10-11-3-2-4-14(9-11)19-15(16(18)20)12-5-7-13(17)8-6-12/h2-9,15,19H,10H2,1H3,(H2,18,20)/t15-/m0/s1. The second-order valence-electron chi connectivity index (χ2n) is 4.66. The van der Waals surface area contributed by atoms with Crippen LogP contribution in [-0.4, -0.2) is 13.0 Å². The van der Waals surface area contributed by atoms with Crippen LogP contribution < -0.4 is 11.1 Å². The van der Waals surface area contributed by atoms with E-state index in [9.17, 15) is 4.79 Å². The van der Waals surface area contributed by atoms with Gasteiger partial charge in [0.2, 0.25) is 5.91 Å². The summed E-state index contributed by atoms with van der Waals surface area (Å²) in [5, 5.41) is 3.17. The van der Waals surface area contributed by atoms with Gasteiger partial charge in [-0.1, -0.05) is 40.2 Å². The van der Waals surface area contributed by atoms with Crippen LogP contribution in [0.3, 0.4) is 0 Å². The van der Waals surface area contributed by atoms with Crippen LogP contribution in [0.4, 0.5) is 5.69 Å². The van der Waals surface area contributed by atoms with Crippen molar-refractivity contribution < 1.29 is 9.53 Å². The molecule has 2 aromatic rings. The fourth-order valence-corrected chi connectivity index (χ4v) is 2.32. The van der Waals surface area contributed by atoms with Crippen LogP contribution in [0.15, 0.2) is 53.0 Å². The predicted octanol–water partition coefficient (Wildman–Crippen LogP) is 3.23. The number of nitrogens with two attached hydrogens (primary N) is 1. The molecule has 1 atom stereocenters. The SMILES string of the molecule is COCc1cccc(N[C@H](C(N)=O)c2ccc(Br)cc2)c1. The molecule has 0 aliphatic heterocycles. The molecule has 1 amide bonds. The van der Waals surface area contributed by atoms with Gasteiger partial charge in [0.05, 0.1) is 6.61 Å². The van der Waals surface area contributed by atoms with Gasteiger partial charge >= 0.3 is 0 Å². The van der Waals surface area contributed by atoms with Crippen LogP contribution in [0, 0.1) is 0 Å². The lowest BCUT2D eigenvalue weighted by molar-refractivity contribution is -0.118. The second kappa shape index (κ2) is 7.24. The lowest BCUT2D eigenvalue weighted by Gasteiger charge is -2.18. The number of primary amides is 1. The lowest BCUT2D eigenvalue weighted by atomic mass is 10.1. The number of ether oxygens (including phenoxy) is 1. The molecule has 0 saturated carbocycles. The number of anilines is 1. The molecule has 21 heavy (non-hydrogen) atoms. The second-order valence-corrected chi connectivity index (χ2v) is 5.58. The first-order valence-corrected chi connectivity index (χ1v) is 7.28. The maximum Gasteiger partial charge on any atom is 0.244 e. The van der Waals surface area contributed by atoms with E-state index in [0.717, 1.165) is 21.3 Å². The molecule has 0 fully saturated rings. The van der Waals surface area contributed by atoms with Crippen molar-refractivity contribution in [3.63, 3.8) is 0 Å². The van der Waals surface area contributed by atoms with Gasteiger partial charge in [-0.15, -0.1) is 0 Å². The van der Waals surface area contributed by atoms with Gasteiger partial charge in [-0.3, -0.25) is 4.79 Å². The van der Waals surface area contributed by atoms with Crippen LogP contribution in [-0.2, 0) is 16.1 Å². The average molecular weight is 349 g/mol. The molecular formula is C16H17BrN2O2. The van der Waals surface area contributed by atoms with Gasteiger partial charge in [0, 0.05) is 17.3 Å². The number of carbonyl (C=O) groups is 1. The first-order chi connectivity index (χ1) is 10.1. The summed E-state index contributed by atoms with van der Waals surface area (Å²) in [5.41, 5.74) is 8.19. The number of amides is 1. The summed E-state index contributed by atoms with van der Waals surface area (Å²) in [5.74, 6) is -0.422. The Hall–Kier alpha value is -1.85. The molecule has 0 aromatic heterocycles. The third-order valence-corrected chi connectivity index (χ3v) is 3.57. The van der Waals surface area contributed by atoms with Gasteiger partial charge in [-0.2, -0.15) is 0 Å². The normalized spacial score (nSPS) is 11.9. The number of benzene rings is 2. The Labute approximate surface area is 132 Å². The number of carbonyl (C=O) groups excluding carboxylic acids is 1. The number of hydrogen-bond donors (Lipinski definition) is 2. The predicted molar refractivity (Wildman–Crippen MR) is 86.9 cm³/mol. The largest absolute Gasteiger partial charge is 0.380 e. The fraction of sp³-hybridized carbons (Fsp3) is 0.188. The molecule has 0 heterocycles. The van der Waals surface area contributed by atoms with E-state index in [-0.39, 0.29) is 0 Å². The van der Waals surface area contributed by atoms with Crippen molar-refractivity contribution >= 4 is 27.5 Å². The molecule has 0 bridgehead atoms. The summed E-state index contributed by atoms with van der Waals surface area (Å²) in [6.07, 6.45) is 0. The molecule has 4 nitrogen and oxygen atoms in total. The van der Waals surface area contributed by atoms with Crippen LogP contribution in [0.5, 0.6) is 0 Å². The highest BCUT2D eigenvalue weighted by Gasteiger charge is 2.17. The van der Waals surface area contributed by atoms with Gasteiger partial charge < -0.3 is 15.8 Å². The van der Waals surface area contributed by atoms with Gasteiger partial charge in [-0.25, -0.2) is 0 Å². The van der Waals surface area contributed by atoms with Crippen molar-refractivity contribution in [3.8, 4) is 0 Å². The van der Waals surface area contributed by atoms with Gasteiger partial charge in [0.1, 0.15) is 6.04 Å². The number of halogens is 1. The molecule has 5 heteroatoms. The van der Waals surface area contributed by atoms with E-state index in [4.69, 9.17) is 10.5 Å². The third-order valence-electron chi connectivity index (χ3n) is 3.04. The summed E-state index contributed by atoms with van der Waals surface area (Å²) >= 11 is 3.37. The Balaban J connectivity index is 2.22. The minimum atomic E-state index is -0.573. The molecule has 0 aliphatic rings. The number of rotatable bonds is 6. The monoisotopic (exact) mass is 348 g/mol. The molecule has 0 unspecified atom stereocenters. The Morgan fingerprint density at radius 1 is 1.29 bits per heavy atom. The molecule has 0 saturated heterocycles. The van der Waals surface area contributed by atoms with Crippen LogP contribution in [0.25, 0.3) is 0 Å². The highest BCUT2D eigenvalue weighted by atomic mass is 79.9. The molecule has 2 aromatic carbocycles. The number of nitrogens with one attached hydrogen (secondary N) is 1. The first kappa shape index (κ1) is 15.5. The van der Waals surface area contributed by atoms with E-state index in [1.54, 1.807) is 7.11 Å². The minimum Gasteiger partial charge on any atom is -0.380 e. The molecule has 0 aliphatic carbocycles. The average Bonchev–Trinajstić information content (AvgIpc) is 2.46. The molecule has 110 valence electrons. The summed E-state index contributed by atoms with van der Waals surface area (Å²) in [4.78, 5) is 11.7. The topological polar surface area (TPSA) is 64.3 Å². The van der Waals surface area contributed by atoms with Crippen LogP contribution >= 0.6 is 15.9 Å². The van der Waals surface area contributed by atoms with E-state index < -0.39 is 11.9 Å². The van der Waals surface area contributed by atoms with Crippen LogP contribution in [0.1, 0.15) is 17.2 Å². The van der Waals surface area contributed by atoms with Crippen molar-refractivity contribution in [3.05, 3.63) is 64.1 Å². The Kier molecular flexibility index (Phi) is 5.36. The highest BCUT2D eigenvalue weighted by Crippen LogP contribution is 2.22.